The zero-order valence-corrected chi connectivity index (χ0v) is 21.5. The average molecular weight is 529 g/mol. The highest BCUT2D eigenvalue weighted by Gasteiger charge is 2.28. The highest BCUT2D eigenvalue weighted by molar-refractivity contribution is 14.0. The van der Waals surface area contributed by atoms with Crippen LogP contribution < -0.4 is 10.6 Å². The van der Waals surface area contributed by atoms with Crippen molar-refractivity contribution in [2.45, 2.75) is 71.6 Å². The first kappa shape index (κ1) is 25.4. The largest absolute Gasteiger partial charge is 0.373 e. The molecule has 2 aliphatic rings. The second kappa shape index (κ2) is 12.9. The molecule has 170 valence electrons. The molecule has 1 aromatic carbocycles. The lowest BCUT2D eigenvalue weighted by Crippen LogP contribution is -2.50. The molecule has 1 aromatic rings. The van der Waals surface area contributed by atoms with Gasteiger partial charge in [0.1, 0.15) is 0 Å². The van der Waals surface area contributed by atoms with Gasteiger partial charge in [-0.25, -0.2) is 0 Å². The number of nitrogens with one attached hydrogen (secondary N) is 2. The molecule has 0 radical (unpaired) electrons. The number of piperidine rings is 1. The van der Waals surface area contributed by atoms with Crippen molar-refractivity contribution in [3.63, 3.8) is 0 Å². The Morgan fingerprint density at radius 3 is 2.50 bits per heavy atom. The lowest BCUT2D eigenvalue weighted by Gasteiger charge is -2.35. The number of guanidine groups is 1. The number of benzene rings is 1. The maximum atomic E-state index is 6.18. The second-order valence-electron chi connectivity index (χ2n) is 8.87. The quantitative estimate of drug-likeness (QED) is 0.324. The normalized spacial score (nSPS) is 23.8. The van der Waals surface area contributed by atoms with Crippen LogP contribution in [0.3, 0.4) is 0 Å². The highest BCUT2D eigenvalue weighted by Crippen LogP contribution is 2.34. The number of halogens is 1. The molecule has 2 fully saturated rings. The Hall–Kier alpha value is -0.860. The molecule has 5 nitrogen and oxygen atoms in total. The van der Waals surface area contributed by atoms with Crippen LogP contribution in [0.5, 0.6) is 0 Å². The van der Waals surface area contributed by atoms with E-state index in [4.69, 9.17) is 9.73 Å². The van der Waals surface area contributed by atoms with Crippen molar-refractivity contribution in [3.05, 3.63) is 35.4 Å². The molecule has 2 N–H and O–H groups in total. The molecule has 0 aliphatic carbocycles. The van der Waals surface area contributed by atoms with Crippen LogP contribution in [0, 0.1) is 12.8 Å². The van der Waals surface area contributed by atoms with E-state index >= 15 is 0 Å². The molecule has 2 saturated heterocycles. The van der Waals surface area contributed by atoms with E-state index < -0.39 is 0 Å². The third-order valence-electron chi connectivity index (χ3n) is 6.28. The summed E-state index contributed by atoms with van der Waals surface area (Å²) in [5, 5.41) is 7.14. The lowest BCUT2D eigenvalue weighted by atomic mass is 9.89. The topological polar surface area (TPSA) is 48.9 Å². The number of hydrogen-bond donors (Lipinski definition) is 2. The van der Waals surface area contributed by atoms with E-state index in [1.54, 1.807) is 0 Å². The summed E-state index contributed by atoms with van der Waals surface area (Å²) in [7, 11) is 0. The first-order valence-corrected chi connectivity index (χ1v) is 11.5. The number of ether oxygens (including phenoxy) is 1. The van der Waals surface area contributed by atoms with Crippen molar-refractivity contribution in [1.82, 2.24) is 15.5 Å². The van der Waals surface area contributed by atoms with Crippen molar-refractivity contribution in [2.24, 2.45) is 10.9 Å². The molecule has 3 rings (SSSR count). The molecule has 2 aliphatic heterocycles. The number of hydrogen-bond acceptors (Lipinski definition) is 3. The van der Waals surface area contributed by atoms with Crippen molar-refractivity contribution < 1.29 is 4.74 Å². The standard InChI is InChI=1S/C24H40N4O.HI/c1-5-25-24(27-22-12-14-28(15-13-22)18(2)3)26-17-21-7-6-16-29-23(21)20-10-8-19(4)9-11-20;/h8-11,18,21-23H,5-7,12-17H2,1-4H3,(H2,25,26,27);1H. The predicted octanol–water partition coefficient (Wildman–Crippen LogP) is 4.51. The molecule has 0 saturated carbocycles. The van der Waals surface area contributed by atoms with Crippen LogP contribution in [0.15, 0.2) is 29.3 Å². The van der Waals surface area contributed by atoms with Crippen LogP contribution in [0.4, 0.5) is 0 Å². The zero-order valence-electron chi connectivity index (χ0n) is 19.2. The number of rotatable bonds is 6. The molecular formula is C24H41IN4O. The molecule has 0 spiro atoms. The first-order valence-electron chi connectivity index (χ1n) is 11.5. The fourth-order valence-electron chi connectivity index (χ4n) is 4.44. The van der Waals surface area contributed by atoms with E-state index in [0.717, 1.165) is 32.1 Å². The van der Waals surface area contributed by atoms with Crippen molar-refractivity contribution in [3.8, 4) is 0 Å². The van der Waals surface area contributed by atoms with Crippen LogP contribution in [-0.4, -0.2) is 55.7 Å². The molecule has 2 unspecified atom stereocenters. The first-order chi connectivity index (χ1) is 14.1. The van der Waals surface area contributed by atoms with Gasteiger partial charge in [-0.1, -0.05) is 29.8 Å². The summed E-state index contributed by atoms with van der Waals surface area (Å²) in [4.78, 5) is 7.54. The third kappa shape index (κ3) is 7.38. The van der Waals surface area contributed by atoms with Crippen molar-refractivity contribution >= 4 is 29.9 Å². The lowest BCUT2D eigenvalue weighted by molar-refractivity contribution is -0.0250. The molecule has 2 heterocycles. The van der Waals surface area contributed by atoms with Crippen LogP contribution in [0.25, 0.3) is 0 Å². The summed E-state index contributed by atoms with van der Waals surface area (Å²) in [6, 6.07) is 9.95. The van der Waals surface area contributed by atoms with Crippen molar-refractivity contribution in [2.75, 3.05) is 32.8 Å². The smallest absolute Gasteiger partial charge is 0.191 e. The van der Waals surface area contributed by atoms with E-state index in [-0.39, 0.29) is 30.1 Å². The van der Waals surface area contributed by atoms with Crippen molar-refractivity contribution in [1.29, 1.82) is 0 Å². The van der Waals surface area contributed by atoms with Crippen LogP contribution in [0.2, 0.25) is 0 Å². The highest BCUT2D eigenvalue weighted by atomic mass is 127. The van der Waals surface area contributed by atoms with E-state index in [0.29, 0.717) is 18.0 Å². The van der Waals surface area contributed by atoms with Gasteiger partial charge in [0.25, 0.3) is 0 Å². The van der Waals surface area contributed by atoms with E-state index in [1.165, 1.54) is 43.5 Å². The zero-order chi connectivity index (χ0) is 20.6. The van der Waals surface area contributed by atoms with Gasteiger partial charge in [-0.05, 0) is 58.9 Å². The Kier molecular flexibility index (Phi) is 10.9. The van der Waals surface area contributed by atoms with E-state index in [9.17, 15) is 0 Å². The van der Waals surface area contributed by atoms with Gasteiger partial charge in [0.15, 0.2) is 5.96 Å². The Labute approximate surface area is 200 Å². The minimum atomic E-state index is 0. The minimum Gasteiger partial charge on any atom is -0.373 e. The van der Waals surface area contributed by atoms with Gasteiger partial charge >= 0.3 is 0 Å². The fraction of sp³-hybridized carbons (Fsp3) is 0.708. The molecular weight excluding hydrogens is 487 g/mol. The summed E-state index contributed by atoms with van der Waals surface area (Å²) in [6.45, 7) is 13.7. The fourth-order valence-corrected chi connectivity index (χ4v) is 4.44. The SMILES string of the molecule is CCNC(=NCC1CCCOC1c1ccc(C)cc1)NC1CCN(C(C)C)CC1.I. The number of aryl methyl sites for hydroxylation is 1. The second-order valence-corrected chi connectivity index (χ2v) is 8.87. The predicted molar refractivity (Wildman–Crippen MR) is 137 cm³/mol. The number of nitrogens with zero attached hydrogens (tertiary/aromatic N) is 2. The number of aliphatic imine (C=N–C) groups is 1. The third-order valence-corrected chi connectivity index (χ3v) is 6.28. The summed E-state index contributed by atoms with van der Waals surface area (Å²) >= 11 is 0. The Morgan fingerprint density at radius 1 is 1.17 bits per heavy atom. The van der Waals surface area contributed by atoms with Gasteiger partial charge in [0.05, 0.1) is 6.10 Å². The van der Waals surface area contributed by atoms with Crippen LogP contribution in [-0.2, 0) is 4.74 Å². The summed E-state index contributed by atoms with van der Waals surface area (Å²) in [5.41, 5.74) is 2.58. The Balaban J connectivity index is 0.00000320. The number of likely N-dealkylation sites (tertiary alicyclic amines) is 1. The summed E-state index contributed by atoms with van der Waals surface area (Å²) < 4.78 is 6.18. The molecule has 0 aromatic heterocycles. The Morgan fingerprint density at radius 2 is 1.87 bits per heavy atom. The average Bonchev–Trinajstić information content (AvgIpc) is 2.73. The molecule has 6 heteroatoms. The minimum absolute atomic E-state index is 0. The van der Waals surface area contributed by atoms with E-state index in [1.807, 2.05) is 0 Å². The van der Waals surface area contributed by atoms with Gasteiger partial charge in [-0.2, -0.15) is 0 Å². The van der Waals surface area contributed by atoms with E-state index in [2.05, 4.69) is 67.5 Å². The van der Waals surface area contributed by atoms with Gasteiger partial charge in [0, 0.05) is 50.8 Å². The molecule has 0 bridgehead atoms. The Bertz CT molecular complexity index is 641. The maximum absolute atomic E-state index is 6.18. The van der Waals surface area contributed by atoms with Gasteiger partial charge in [-0.3, -0.25) is 4.99 Å². The summed E-state index contributed by atoms with van der Waals surface area (Å²) in [5.74, 6) is 1.40. The van der Waals surface area contributed by atoms with Gasteiger partial charge in [-0.15, -0.1) is 24.0 Å². The van der Waals surface area contributed by atoms with Gasteiger partial charge in [0.2, 0.25) is 0 Å². The monoisotopic (exact) mass is 528 g/mol. The summed E-state index contributed by atoms with van der Waals surface area (Å²) in [6.07, 6.45) is 4.82. The molecule has 30 heavy (non-hydrogen) atoms. The maximum Gasteiger partial charge on any atom is 0.191 e. The molecule has 2 atom stereocenters. The van der Waals surface area contributed by atoms with Gasteiger partial charge < -0.3 is 20.3 Å². The van der Waals surface area contributed by atoms with Crippen LogP contribution >= 0.6 is 24.0 Å². The van der Waals surface area contributed by atoms with Crippen LogP contribution in [0.1, 0.15) is 63.7 Å². The molecule has 0 amide bonds.